The first-order valence-electron chi connectivity index (χ1n) is 10.1. The first-order chi connectivity index (χ1) is 13.1. The molecular weight excluding hydrogens is 342 g/mol. The van der Waals surface area contributed by atoms with Crippen LogP contribution in [0.3, 0.4) is 0 Å². The fraction of sp³-hybridized carbons (Fsp3) is 0.619. The zero-order valence-corrected chi connectivity index (χ0v) is 16.3. The second kappa shape index (κ2) is 9.11. The van der Waals surface area contributed by atoms with Gasteiger partial charge in [-0.05, 0) is 49.1 Å². The summed E-state index contributed by atoms with van der Waals surface area (Å²) in [5.74, 6) is 1.10. The molecule has 2 saturated heterocycles. The topological polar surface area (TPSA) is 70.7 Å². The zero-order chi connectivity index (χ0) is 19.1. The lowest BCUT2D eigenvalue weighted by molar-refractivity contribution is -0.119. The van der Waals surface area contributed by atoms with Crippen LogP contribution in [-0.4, -0.2) is 49.6 Å². The number of aryl methyl sites for hydroxylation is 1. The van der Waals surface area contributed by atoms with Crippen LogP contribution in [0.4, 0.5) is 4.79 Å². The first kappa shape index (κ1) is 19.5. The normalized spacial score (nSPS) is 18.4. The molecule has 2 aliphatic rings. The van der Waals surface area contributed by atoms with Gasteiger partial charge in [-0.25, -0.2) is 4.79 Å². The number of benzene rings is 1. The van der Waals surface area contributed by atoms with E-state index in [1.807, 2.05) is 23.1 Å². The molecule has 2 aliphatic heterocycles. The van der Waals surface area contributed by atoms with E-state index in [1.165, 1.54) is 5.56 Å². The standard InChI is InChI=1S/C21H31N3O3/c1-2-14-27-18-8-4-3-6-17(18)7-5-11-22-20(26)24-12-9-21(10-13-24)15-19(25)23-16-21/h3-4,6,8H,2,5,7,9-16H2,1H3,(H,22,26)(H,23,25). The smallest absolute Gasteiger partial charge is 0.317 e. The van der Waals surface area contributed by atoms with Crippen molar-refractivity contribution in [3.8, 4) is 5.75 Å². The Hall–Kier alpha value is -2.24. The van der Waals surface area contributed by atoms with E-state index in [1.54, 1.807) is 0 Å². The van der Waals surface area contributed by atoms with E-state index in [4.69, 9.17) is 4.74 Å². The quantitative estimate of drug-likeness (QED) is 0.722. The SMILES string of the molecule is CCCOc1ccccc1CCCNC(=O)N1CCC2(CC1)CNC(=O)C2. The minimum Gasteiger partial charge on any atom is -0.493 e. The third-order valence-corrected chi connectivity index (χ3v) is 5.64. The van der Waals surface area contributed by atoms with Gasteiger partial charge in [0, 0.05) is 32.6 Å². The predicted octanol–water partition coefficient (Wildman–Crippen LogP) is 2.72. The summed E-state index contributed by atoms with van der Waals surface area (Å²) in [6.07, 6.45) is 5.18. The van der Waals surface area contributed by atoms with Gasteiger partial charge in [0.05, 0.1) is 6.61 Å². The number of hydrogen-bond donors (Lipinski definition) is 2. The molecule has 6 nitrogen and oxygen atoms in total. The molecule has 3 amide bonds. The van der Waals surface area contributed by atoms with Crippen molar-refractivity contribution in [3.63, 3.8) is 0 Å². The molecule has 1 spiro atoms. The highest BCUT2D eigenvalue weighted by Crippen LogP contribution is 2.37. The molecule has 3 rings (SSSR count). The number of nitrogens with zero attached hydrogens (tertiary/aromatic N) is 1. The van der Waals surface area contributed by atoms with Crippen LogP contribution in [0.5, 0.6) is 5.75 Å². The van der Waals surface area contributed by atoms with Crippen molar-refractivity contribution in [1.29, 1.82) is 0 Å². The Morgan fingerprint density at radius 2 is 2.07 bits per heavy atom. The van der Waals surface area contributed by atoms with Crippen LogP contribution < -0.4 is 15.4 Å². The number of piperidine rings is 1. The minimum absolute atomic E-state index is 0.0117. The van der Waals surface area contributed by atoms with Gasteiger partial charge in [-0.2, -0.15) is 0 Å². The summed E-state index contributed by atoms with van der Waals surface area (Å²) in [6, 6.07) is 8.13. The van der Waals surface area contributed by atoms with E-state index in [0.717, 1.165) is 64.1 Å². The highest BCUT2D eigenvalue weighted by Gasteiger charge is 2.41. The number of likely N-dealkylation sites (tertiary alicyclic amines) is 1. The van der Waals surface area contributed by atoms with Gasteiger partial charge in [0.1, 0.15) is 5.75 Å². The number of para-hydroxylation sites is 1. The van der Waals surface area contributed by atoms with Crippen LogP contribution in [0.25, 0.3) is 0 Å². The van der Waals surface area contributed by atoms with Crippen molar-refractivity contribution in [2.24, 2.45) is 5.41 Å². The second-order valence-corrected chi connectivity index (χ2v) is 7.73. The average molecular weight is 373 g/mol. The molecular formula is C21H31N3O3. The number of carbonyl (C=O) groups is 2. The maximum absolute atomic E-state index is 12.4. The third kappa shape index (κ3) is 5.15. The van der Waals surface area contributed by atoms with Crippen molar-refractivity contribution >= 4 is 11.9 Å². The number of urea groups is 1. The van der Waals surface area contributed by atoms with Gasteiger partial charge in [-0.3, -0.25) is 4.79 Å². The van der Waals surface area contributed by atoms with Gasteiger partial charge in [0.25, 0.3) is 0 Å². The van der Waals surface area contributed by atoms with Crippen molar-refractivity contribution in [1.82, 2.24) is 15.5 Å². The van der Waals surface area contributed by atoms with E-state index in [0.29, 0.717) is 13.0 Å². The summed E-state index contributed by atoms with van der Waals surface area (Å²) in [7, 11) is 0. The number of rotatable bonds is 7. The summed E-state index contributed by atoms with van der Waals surface area (Å²) >= 11 is 0. The Morgan fingerprint density at radius 1 is 1.30 bits per heavy atom. The number of carbonyl (C=O) groups excluding carboxylic acids is 2. The van der Waals surface area contributed by atoms with Gasteiger partial charge in [-0.1, -0.05) is 25.1 Å². The molecule has 0 bridgehead atoms. The summed E-state index contributed by atoms with van der Waals surface area (Å²) in [6.45, 7) is 5.71. The molecule has 148 valence electrons. The number of amides is 3. The molecule has 1 aromatic carbocycles. The van der Waals surface area contributed by atoms with Crippen molar-refractivity contribution in [2.45, 2.75) is 45.4 Å². The Morgan fingerprint density at radius 3 is 2.78 bits per heavy atom. The lowest BCUT2D eigenvalue weighted by atomic mass is 9.78. The Bertz CT molecular complexity index is 654. The first-order valence-corrected chi connectivity index (χ1v) is 10.1. The van der Waals surface area contributed by atoms with E-state index in [2.05, 4.69) is 23.6 Å². The molecule has 0 aliphatic carbocycles. The average Bonchev–Trinajstić information content (AvgIpc) is 3.04. The lowest BCUT2D eigenvalue weighted by Crippen LogP contribution is -2.48. The van der Waals surface area contributed by atoms with Crippen molar-refractivity contribution in [2.75, 3.05) is 32.8 Å². The lowest BCUT2D eigenvalue weighted by Gasteiger charge is -2.38. The van der Waals surface area contributed by atoms with E-state index >= 15 is 0 Å². The Labute approximate surface area is 161 Å². The highest BCUT2D eigenvalue weighted by atomic mass is 16.5. The molecule has 2 fully saturated rings. The molecule has 1 aromatic rings. The molecule has 0 aromatic heterocycles. The van der Waals surface area contributed by atoms with Gasteiger partial charge in [-0.15, -0.1) is 0 Å². The zero-order valence-electron chi connectivity index (χ0n) is 16.3. The third-order valence-electron chi connectivity index (χ3n) is 5.64. The summed E-state index contributed by atoms with van der Waals surface area (Å²) in [4.78, 5) is 25.8. The minimum atomic E-state index is 0.0117. The summed E-state index contributed by atoms with van der Waals surface area (Å²) in [5, 5.41) is 5.97. The second-order valence-electron chi connectivity index (χ2n) is 7.73. The molecule has 0 radical (unpaired) electrons. The predicted molar refractivity (Wildman–Crippen MR) is 105 cm³/mol. The number of nitrogens with one attached hydrogen (secondary N) is 2. The Kier molecular flexibility index (Phi) is 6.58. The Balaban J connectivity index is 1.37. The summed E-state index contributed by atoms with van der Waals surface area (Å²) in [5.41, 5.74) is 1.27. The van der Waals surface area contributed by atoms with Gasteiger partial charge in [0.2, 0.25) is 5.91 Å². The monoisotopic (exact) mass is 373 g/mol. The fourth-order valence-corrected chi connectivity index (χ4v) is 3.94. The van der Waals surface area contributed by atoms with E-state index in [-0.39, 0.29) is 17.4 Å². The molecule has 2 heterocycles. The van der Waals surface area contributed by atoms with Gasteiger partial charge >= 0.3 is 6.03 Å². The molecule has 2 N–H and O–H groups in total. The van der Waals surface area contributed by atoms with Crippen LogP contribution in [0.1, 0.15) is 44.6 Å². The molecule has 27 heavy (non-hydrogen) atoms. The van der Waals surface area contributed by atoms with Crippen LogP contribution in [0.2, 0.25) is 0 Å². The van der Waals surface area contributed by atoms with E-state index < -0.39 is 0 Å². The van der Waals surface area contributed by atoms with Crippen molar-refractivity contribution < 1.29 is 14.3 Å². The number of hydrogen-bond acceptors (Lipinski definition) is 3. The van der Waals surface area contributed by atoms with Gasteiger partial charge in [0.15, 0.2) is 0 Å². The van der Waals surface area contributed by atoms with Crippen molar-refractivity contribution in [3.05, 3.63) is 29.8 Å². The molecule has 6 heteroatoms. The molecule has 0 atom stereocenters. The molecule has 0 saturated carbocycles. The van der Waals surface area contributed by atoms with Gasteiger partial charge < -0.3 is 20.3 Å². The maximum atomic E-state index is 12.4. The number of ether oxygens (including phenoxy) is 1. The largest absolute Gasteiger partial charge is 0.493 e. The van der Waals surface area contributed by atoms with Crippen LogP contribution in [0.15, 0.2) is 24.3 Å². The molecule has 0 unspecified atom stereocenters. The van der Waals surface area contributed by atoms with Crippen LogP contribution in [0, 0.1) is 5.41 Å². The summed E-state index contributed by atoms with van der Waals surface area (Å²) < 4.78 is 5.79. The van der Waals surface area contributed by atoms with Crippen LogP contribution in [-0.2, 0) is 11.2 Å². The van der Waals surface area contributed by atoms with E-state index in [9.17, 15) is 9.59 Å². The maximum Gasteiger partial charge on any atom is 0.317 e. The highest BCUT2D eigenvalue weighted by molar-refractivity contribution is 5.79. The van der Waals surface area contributed by atoms with Crippen LogP contribution >= 0.6 is 0 Å². The fourth-order valence-electron chi connectivity index (χ4n) is 3.94.